The number of anilines is 1. The lowest BCUT2D eigenvalue weighted by molar-refractivity contribution is -0.121. The molecule has 0 radical (unpaired) electrons. The lowest BCUT2D eigenvalue weighted by atomic mass is 9.73. The lowest BCUT2D eigenvalue weighted by Crippen LogP contribution is -2.34. The van der Waals surface area contributed by atoms with Gasteiger partial charge in [-0.25, -0.2) is 0 Å². The number of benzene rings is 1. The van der Waals surface area contributed by atoms with Crippen LogP contribution in [0.4, 0.5) is 5.69 Å². The summed E-state index contributed by atoms with van der Waals surface area (Å²) in [7, 11) is 0. The van der Waals surface area contributed by atoms with Gasteiger partial charge in [0, 0.05) is 5.69 Å². The first-order chi connectivity index (χ1) is 9.67. The number of hydrogen-bond donors (Lipinski definition) is 1. The molecule has 1 aliphatic heterocycles. The molecular formula is C17H22N2O. The van der Waals surface area contributed by atoms with E-state index in [0.29, 0.717) is 5.56 Å². The molecule has 3 nitrogen and oxygen atoms in total. The molecule has 0 atom stereocenters. The van der Waals surface area contributed by atoms with Gasteiger partial charge in [-0.05, 0) is 30.5 Å². The number of carbonyl (C=O) groups is 1. The van der Waals surface area contributed by atoms with E-state index >= 15 is 0 Å². The first-order valence-corrected chi connectivity index (χ1v) is 7.54. The summed E-state index contributed by atoms with van der Waals surface area (Å²) in [6.45, 7) is 4.31. The summed E-state index contributed by atoms with van der Waals surface area (Å²) in [5.41, 5.74) is 2.14. The van der Waals surface area contributed by atoms with E-state index < -0.39 is 0 Å². The molecule has 2 rings (SSSR count). The molecule has 1 aliphatic rings. The standard InChI is InChI=1S/C17H22N2O/c1-3-5-9-17(10-6-4-2)14-8-7-13(12-18)11-15(14)19-16(17)20/h7-8,11H,3-6,9-10H2,1-2H3,(H,19,20). The van der Waals surface area contributed by atoms with Gasteiger partial charge in [0.25, 0.3) is 0 Å². The predicted molar refractivity (Wildman–Crippen MR) is 80.5 cm³/mol. The Morgan fingerprint density at radius 1 is 1.20 bits per heavy atom. The normalized spacial score (nSPS) is 15.6. The molecule has 1 amide bonds. The number of fused-ring (bicyclic) bond motifs is 1. The van der Waals surface area contributed by atoms with Crippen molar-refractivity contribution in [2.75, 3.05) is 5.32 Å². The van der Waals surface area contributed by atoms with Crippen LogP contribution >= 0.6 is 0 Å². The van der Waals surface area contributed by atoms with Crippen LogP contribution < -0.4 is 5.32 Å². The number of amides is 1. The van der Waals surface area contributed by atoms with E-state index in [2.05, 4.69) is 25.2 Å². The zero-order valence-corrected chi connectivity index (χ0v) is 12.3. The highest BCUT2D eigenvalue weighted by molar-refractivity contribution is 6.06. The number of nitrogens with zero attached hydrogens (tertiary/aromatic N) is 1. The predicted octanol–water partition coefficient (Wildman–Crippen LogP) is 4.13. The summed E-state index contributed by atoms with van der Waals surface area (Å²) in [4.78, 5) is 12.6. The van der Waals surface area contributed by atoms with Crippen LogP contribution in [0.15, 0.2) is 18.2 Å². The third-order valence-corrected chi connectivity index (χ3v) is 4.26. The fourth-order valence-corrected chi connectivity index (χ4v) is 3.08. The number of hydrogen-bond acceptors (Lipinski definition) is 2. The second-order valence-electron chi connectivity index (χ2n) is 5.62. The van der Waals surface area contributed by atoms with Gasteiger partial charge in [0.15, 0.2) is 0 Å². The summed E-state index contributed by atoms with van der Waals surface area (Å²) in [5.74, 6) is 0.115. The second-order valence-corrected chi connectivity index (χ2v) is 5.62. The van der Waals surface area contributed by atoms with Crippen molar-refractivity contribution in [3.63, 3.8) is 0 Å². The largest absolute Gasteiger partial charge is 0.325 e. The van der Waals surface area contributed by atoms with Crippen LogP contribution in [0.1, 0.15) is 63.5 Å². The highest BCUT2D eigenvalue weighted by Crippen LogP contribution is 2.45. The van der Waals surface area contributed by atoms with Crippen molar-refractivity contribution in [1.29, 1.82) is 5.26 Å². The Kier molecular flexibility index (Phi) is 4.44. The zero-order chi connectivity index (χ0) is 14.6. The first-order valence-electron chi connectivity index (χ1n) is 7.54. The maximum Gasteiger partial charge on any atom is 0.235 e. The van der Waals surface area contributed by atoms with Crippen LogP contribution in [0, 0.1) is 11.3 Å². The summed E-state index contributed by atoms with van der Waals surface area (Å²) >= 11 is 0. The van der Waals surface area contributed by atoms with Crippen molar-refractivity contribution in [1.82, 2.24) is 0 Å². The van der Waals surface area contributed by atoms with Gasteiger partial charge in [0.05, 0.1) is 17.0 Å². The first kappa shape index (κ1) is 14.6. The monoisotopic (exact) mass is 270 g/mol. The molecular weight excluding hydrogens is 248 g/mol. The topological polar surface area (TPSA) is 52.9 Å². The van der Waals surface area contributed by atoms with E-state index in [1.54, 1.807) is 6.07 Å². The highest BCUT2D eigenvalue weighted by atomic mass is 16.2. The Morgan fingerprint density at radius 3 is 2.40 bits per heavy atom. The Hall–Kier alpha value is -1.82. The summed E-state index contributed by atoms with van der Waals surface area (Å²) in [6.07, 6.45) is 6.08. The SMILES string of the molecule is CCCCC1(CCCC)C(=O)Nc2cc(C#N)ccc21. The summed E-state index contributed by atoms with van der Waals surface area (Å²) < 4.78 is 0. The van der Waals surface area contributed by atoms with Crippen molar-refractivity contribution >= 4 is 11.6 Å². The molecule has 0 saturated carbocycles. The fourth-order valence-electron chi connectivity index (χ4n) is 3.08. The maximum atomic E-state index is 12.6. The van der Waals surface area contributed by atoms with E-state index in [1.165, 1.54) is 0 Å². The van der Waals surface area contributed by atoms with Gasteiger partial charge in [-0.2, -0.15) is 5.26 Å². The van der Waals surface area contributed by atoms with Gasteiger partial charge in [-0.3, -0.25) is 4.79 Å². The van der Waals surface area contributed by atoms with Crippen LogP contribution in [-0.2, 0) is 10.2 Å². The quantitative estimate of drug-likeness (QED) is 0.845. The van der Waals surface area contributed by atoms with Crippen LogP contribution in [0.25, 0.3) is 0 Å². The molecule has 0 unspecified atom stereocenters. The molecule has 0 aromatic heterocycles. The molecule has 0 bridgehead atoms. The van der Waals surface area contributed by atoms with Gasteiger partial charge >= 0.3 is 0 Å². The molecule has 3 heteroatoms. The average Bonchev–Trinajstić information content (AvgIpc) is 2.74. The Labute approximate surface area is 121 Å². The average molecular weight is 270 g/mol. The third-order valence-electron chi connectivity index (χ3n) is 4.26. The van der Waals surface area contributed by atoms with Gasteiger partial charge in [0.1, 0.15) is 0 Å². The minimum Gasteiger partial charge on any atom is -0.325 e. The molecule has 1 aromatic carbocycles. The van der Waals surface area contributed by atoms with Crippen molar-refractivity contribution in [3.8, 4) is 6.07 Å². The molecule has 20 heavy (non-hydrogen) atoms. The smallest absolute Gasteiger partial charge is 0.235 e. The van der Waals surface area contributed by atoms with Gasteiger partial charge in [0.2, 0.25) is 5.91 Å². The molecule has 0 spiro atoms. The number of nitrogens with one attached hydrogen (secondary N) is 1. The van der Waals surface area contributed by atoms with Crippen molar-refractivity contribution < 1.29 is 4.79 Å². The maximum absolute atomic E-state index is 12.6. The summed E-state index contributed by atoms with van der Waals surface area (Å²) in [6, 6.07) is 7.73. The number of carbonyl (C=O) groups excluding carboxylic acids is 1. The van der Waals surface area contributed by atoms with Gasteiger partial charge in [-0.15, -0.1) is 0 Å². The van der Waals surface area contributed by atoms with Crippen molar-refractivity contribution in [2.24, 2.45) is 0 Å². The van der Waals surface area contributed by atoms with Gasteiger partial charge < -0.3 is 5.32 Å². The Bertz CT molecular complexity index is 534. The fraction of sp³-hybridized carbons (Fsp3) is 0.529. The van der Waals surface area contributed by atoms with Crippen LogP contribution in [0.5, 0.6) is 0 Å². The number of nitriles is 1. The van der Waals surface area contributed by atoms with Crippen LogP contribution in [0.3, 0.4) is 0 Å². The third kappa shape index (κ3) is 2.43. The lowest BCUT2D eigenvalue weighted by Gasteiger charge is -2.27. The van der Waals surface area contributed by atoms with Crippen LogP contribution in [0.2, 0.25) is 0 Å². The molecule has 1 aromatic rings. The minimum absolute atomic E-state index is 0.115. The van der Waals surface area contributed by atoms with E-state index in [4.69, 9.17) is 5.26 Å². The molecule has 0 saturated heterocycles. The van der Waals surface area contributed by atoms with E-state index in [1.807, 2.05) is 12.1 Å². The highest BCUT2D eigenvalue weighted by Gasteiger charge is 2.45. The second kappa shape index (κ2) is 6.09. The van der Waals surface area contributed by atoms with Crippen LogP contribution in [-0.4, -0.2) is 5.91 Å². The van der Waals surface area contributed by atoms with Gasteiger partial charge in [-0.1, -0.05) is 45.6 Å². The minimum atomic E-state index is -0.380. The van der Waals surface area contributed by atoms with E-state index in [9.17, 15) is 4.79 Å². The Morgan fingerprint density at radius 2 is 1.85 bits per heavy atom. The van der Waals surface area contributed by atoms with Crippen molar-refractivity contribution in [3.05, 3.63) is 29.3 Å². The van der Waals surface area contributed by atoms with Crippen molar-refractivity contribution in [2.45, 2.75) is 57.8 Å². The van der Waals surface area contributed by atoms with E-state index in [-0.39, 0.29) is 11.3 Å². The summed E-state index contributed by atoms with van der Waals surface area (Å²) in [5, 5.41) is 12.0. The molecule has 1 heterocycles. The number of rotatable bonds is 6. The van der Waals surface area contributed by atoms with E-state index in [0.717, 1.165) is 49.8 Å². The molecule has 0 aliphatic carbocycles. The number of unbranched alkanes of at least 4 members (excludes halogenated alkanes) is 2. The molecule has 106 valence electrons. The Balaban J connectivity index is 2.42. The molecule has 1 N–H and O–H groups in total. The molecule has 0 fully saturated rings. The zero-order valence-electron chi connectivity index (χ0n) is 12.3.